The van der Waals surface area contributed by atoms with Gasteiger partial charge in [0, 0.05) is 47.4 Å². The second kappa shape index (κ2) is 8.24. The average molecular weight is 337 g/mol. The fourth-order valence-electron chi connectivity index (χ4n) is 3.05. The van der Waals surface area contributed by atoms with Gasteiger partial charge in [-0.3, -0.25) is 13.8 Å². The molecule has 6 heteroatoms. The Kier molecular flexibility index (Phi) is 6.33. The maximum atomic E-state index is 12.8. The van der Waals surface area contributed by atoms with Crippen molar-refractivity contribution >= 4 is 22.7 Å². The Bertz CT molecular complexity index is 602. The van der Waals surface area contributed by atoms with E-state index in [4.69, 9.17) is 5.11 Å². The highest BCUT2D eigenvalue weighted by molar-refractivity contribution is 7.83. The van der Waals surface area contributed by atoms with Gasteiger partial charge in [-0.15, -0.1) is 0 Å². The third kappa shape index (κ3) is 5.16. The molecule has 1 aromatic carbocycles. The van der Waals surface area contributed by atoms with Crippen LogP contribution in [0.25, 0.3) is 0 Å². The Morgan fingerprint density at radius 3 is 2.83 bits per heavy atom. The molecule has 1 fully saturated rings. The zero-order chi connectivity index (χ0) is 16.8. The van der Waals surface area contributed by atoms with Crippen LogP contribution < -0.4 is 0 Å². The number of nitrogens with zero attached hydrogens (tertiary/aromatic N) is 1. The second-order valence-corrected chi connectivity index (χ2v) is 7.43. The second-order valence-electron chi connectivity index (χ2n) is 6.00. The summed E-state index contributed by atoms with van der Waals surface area (Å²) in [4.78, 5) is 25.4. The normalized spacial score (nSPS) is 19.3. The quantitative estimate of drug-likeness (QED) is 0.865. The SMILES string of the molecule is CS(=O)Cc1cccc(C(=O)N2CCCCC2CCC(=O)O)c1. The predicted molar refractivity (Wildman–Crippen MR) is 89.8 cm³/mol. The molecule has 1 N–H and O–H groups in total. The molecular weight excluding hydrogens is 314 g/mol. The Labute approximate surface area is 139 Å². The van der Waals surface area contributed by atoms with Crippen LogP contribution in [-0.4, -0.2) is 44.9 Å². The summed E-state index contributed by atoms with van der Waals surface area (Å²) in [5.41, 5.74) is 1.48. The van der Waals surface area contributed by atoms with Crippen LogP contribution in [0.15, 0.2) is 24.3 Å². The van der Waals surface area contributed by atoms with Crippen molar-refractivity contribution in [2.75, 3.05) is 12.8 Å². The highest BCUT2D eigenvalue weighted by atomic mass is 32.2. The van der Waals surface area contributed by atoms with Crippen molar-refractivity contribution in [2.45, 2.75) is 43.9 Å². The molecule has 2 unspecified atom stereocenters. The lowest BCUT2D eigenvalue weighted by atomic mass is 9.96. The molecule has 1 heterocycles. The van der Waals surface area contributed by atoms with Crippen molar-refractivity contribution in [1.29, 1.82) is 0 Å². The number of carboxylic acid groups (broad SMARTS) is 1. The van der Waals surface area contributed by atoms with Crippen molar-refractivity contribution in [3.63, 3.8) is 0 Å². The van der Waals surface area contributed by atoms with Crippen LogP contribution in [0.3, 0.4) is 0 Å². The van der Waals surface area contributed by atoms with E-state index in [-0.39, 0.29) is 18.4 Å². The van der Waals surface area contributed by atoms with Gasteiger partial charge in [-0.1, -0.05) is 12.1 Å². The summed E-state index contributed by atoms with van der Waals surface area (Å²) >= 11 is 0. The number of piperidine rings is 1. The molecule has 0 bridgehead atoms. The maximum absolute atomic E-state index is 12.8. The molecule has 126 valence electrons. The molecule has 2 rings (SSSR count). The first-order chi connectivity index (χ1) is 11.0. The first kappa shape index (κ1) is 17.7. The van der Waals surface area contributed by atoms with Crippen LogP contribution >= 0.6 is 0 Å². The van der Waals surface area contributed by atoms with Gasteiger partial charge in [0.1, 0.15) is 0 Å². The van der Waals surface area contributed by atoms with Crippen molar-refractivity contribution in [3.8, 4) is 0 Å². The first-order valence-corrected chi connectivity index (χ1v) is 9.62. The lowest BCUT2D eigenvalue weighted by Gasteiger charge is -2.35. The fraction of sp³-hybridized carbons (Fsp3) is 0.529. The van der Waals surface area contributed by atoms with E-state index in [1.54, 1.807) is 18.4 Å². The van der Waals surface area contributed by atoms with Crippen molar-refractivity contribution < 1.29 is 18.9 Å². The smallest absolute Gasteiger partial charge is 0.303 e. The van der Waals surface area contributed by atoms with Crippen LogP contribution in [0, 0.1) is 0 Å². The van der Waals surface area contributed by atoms with Crippen LogP contribution in [0.2, 0.25) is 0 Å². The lowest BCUT2D eigenvalue weighted by Crippen LogP contribution is -2.44. The summed E-state index contributed by atoms with van der Waals surface area (Å²) in [6, 6.07) is 7.25. The van der Waals surface area contributed by atoms with Crippen molar-refractivity contribution in [1.82, 2.24) is 4.90 Å². The molecule has 0 radical (unpaired) electrons. The van der Waals surface area contributed by atoms with Crippen LogP contribution in [0.5, 0.6) is 0 Å². The van der Waals surface area contributed by atoms with Gasteiger partial charge in [-0.05, 0) is 43.4 Å². The molecule has 0 spiro atoms. The third-order valence-electron chi connectivity index (χ3n) is 4.12. The third-order valence-corrected chi connectivity index (χ3v) is 4.86. The molecule has 23 heavy (non-hydrogen) atoms. The van der Waals surface area contributed by atoms with Gasteiger partial charge in [0.25, 0.3) is 5.91 Å². The average Bonchev–Trinajstić information content (AvgIpc) is 2.52. The van der Waals surface area contributed by atoms with Gasteiger partial charge in [-0.25, -0.2) is 0 Å². The Hall–Kier alpha value is -1.69. The van der Waals surface area contributed by atoms with E-state index in [1.807, 2.05) is 17.0 Å². The van der Waals surface area contributed by atoms with Gasteiger partial charge >= 0.3 is 5.97 Å². The van der Waals surface area contributed by atoms with Crippen molar-refractivity contribution in [2.24, 2.45) is 0 Å². The minimum Gasteiger partial charge on any atom is -0.481 e. The Morgan fingerprint density at radius 2 is 2.13 bits per heavy atom. The Balaban J connectivity index is 2.13. The van der Waals surface area contributed by atoms with E-state index in [0.717, 1.165) is 24.8 Å². The minimum atomic E-state index is -0.948. The summed E-state index contributed by atoms with van der Waals surface area (Å²) < 4.78 is 11.4. The van der Waals surface area contributed by atoms with Crippen molar-refractivity contribution in [3.05, 3.63) is 35.4 Å². The van der Waals surface area contributed by atoms with Crippen LogP contribution in [0.1, 0.15) is 48.0 Å². The summed E-state index contributed by atoms with van der Waals surface area (Å²) in [6.45, 7) is 0.674. The van der Waals surface area contributed by atoms with Gasteiger partial charge in [0.15, 0.2) is 0 Å². The molecule has 0 aliphatic carbocycles. The molecule has 1 aliphatic rings. The molecule has 0 aromatic heterocycles. The number of likely N-dealkylation sites (tertiary alicyclic amines) is 1. The molecule has 5 nitrogen and oxygen atoms in total. The van der Waals surface area contributed by atoms with Gasteiger partial charge < -0.3 is 10.0 Å². The van der Waals surface area contributed by atoms with Gasteiger partial charge in [0.2, 0.25) is 0 Å². The molecule has 1 amide bonds. The number of hydrogen-bond acceptors (Lipinski definition) is 3. The first-order valence-electron chi connectivity index (χ1n) is 7.89. The number of carboxylic acids is 1. The number of carbonyl (C=O) groups excluding carboxylic acids is 1. The fourth-order valence-corrected chi connectivity index (χ4v) is 3.70. The zero-order valence-corrected chi connectivity index (χ0v) is 14.2. The van der Waals surface area contributed by atoms with E-state index in [0.29, 0.717) is 24.3 Å². The molecule has 0 saturated carbocycles. The number of rotatable bonds is 6. The molecule has 1 saturated heterocycles. The summed E-state index contributed by atoms with van der Waals surface area (Å²) in [7, 11) is -0.948. The standard InChI is InChI=1S/C17H23NO4S/c1-23(22)12-13-5-4-6-14(11-13)17(21)18-10-3-2-7-15(18)8-9-16(19)20/h4-6,11,15H,2-3,7-10,12H2,1H3,(H,19,20). The number of carbonyl (C=O) groups is 2. The summed E-state index contributed by atoms with van der Waals surface area (Å²) in [6.07, 6.45) is 5.07. The molecule has 2 atom stereocenters. The minimum absolute atomic E-state index is 0.00341. The zero-order valence-electron chi connectivity index (χ0n) is 13.4. The van der Waals surface area contributed by atoms with E-state index >= 15 is 0 Å². The van der Waals surface area contributed by atoms with E-state index < -0.39 is 16.8 Å². The summed E-state index contributed by atoms with van der Waals surface area (Å²) in [5, 5.41) is 8.87. The summed E-state index contributed by atoms with van der Waals surface area (Å²) in [5.74, 6) is -0.442. The topological polar surface area (TPSA) is 74.7 Å². The van der Waals surface area contributed by atoms with E-state index in [1.165, 1.54) is 0 Å². The van der Waals surface area contributed by atoms with Crippen LogP contribution in [-0.2, 0) is 21.3 Å². The molecule has 1 aliphatic heterocycles. The lowest BCUT2D eigenvalue weighted by molar-refractivity contribution is -0.137. The van der Waals surface area contributed by atoms with Gasteiger partial charge in [-0.2, -0.15) is 0 Å². The molecular formula is C17H23NO4S. The maximum Gasteiger partial charge on any atom is 0.303 e. The molecule has 1 aromatic rings. The van der Waals surface area contributed by atoms with E-state index in [9.17, 15) is 13.8 Å². The predicted octanol–water partition coefficient (Wildman–Crippen LogP) is 2.42. The largest absolute Gasteiger partial charge is 0.481 e. The Morgan fingerprint density at radius 1 is 1.35 bits per heavy atom. The number of benzene rings is 1. The van der Waals surface area contributed by atoms with E-state index in [2.05, 4.69) is 0 Å². The number of hydrogen-bond donors (Lipinski definition) is 1. The highest BCUT2D eigenvalue weighted by Crippen LogP contribution is 2.23. The van der Waals surface area contributed by atoms with Crippen LogP contribution in [0.4, 0.5) is 0 Å². The van der Waals surface area contributed by atoms with Gasteiger partial charge in [0.05, 0.1) is 0 Å². The highest BCUT2D eigenvalue weighted by Gasteiger charge is 2.27. The number of aliphatic carboxylic acids is 1. The monoisotopic (exact) mass is 337 g/mol. The number of amides is 1.